The Morgan fingerprint density at radius 2 is 1.39 bits per heavy atom. The van der Waals surface area contributed by atoms with E-state index in [0.29, 0.717) is 22.3 Å². The molecule has 0 aromatic heterocycles. The number of carbonyl (C=O) groups is 4. The Labute approximate surface area is 194 Å². The van der Waals surface area contributed by atoms with Gasteiger partial charge in [0, 0.05) is 20.8 Å². The van der Waals surface area contributed by atoms with Crippen LogP contribution in [-0.2, 0) is 64.4 Å². The quantitative estimate of drug-likeness (QED) is 0.311. The fraction of sp³-hybridized carbons (Fsp3) is 0.520. The maximum atomic E-state index is 12.8. The van der Waals surface area contributed by atoms with Gasteiger partial charge in [0.1, 0.15) is 25.9 Å². The average molecular weight is 461 g/mol. The lowest BCUT2D eigenvalue weighted by molar-refractivity contribution is -0.146. The van der Waals surface area contributed by atoms with Gasteiger partial charge in [-0.15, -0.1) is 0 Å². The van der Waals surface area contributed by atoms with E-state index in [1.807, 2.05) is 12.2 Å². The fourth-order valence-electron chi connectivity index (χ4n) is 3.56. The van der Waals surface area contributed by atoms with Crippen LogP contribution >= 0.6 is 0 Å². The number of hydrogen-bond acceptors (Lipinski definition) is 8. The van der Waals surface area contributed by atoms with E-state index in [1.165, 1.54) is 20.8 Å². The Hall–Kier alpha value is -3.16. The van der Waals surface area contributed by atoms with Crippen molar-refractivity contribution in [2.45, 2.75) is 85.2 Å². The minimum atomic E-state index is -0.477. The fourth-order valence-corrected chi connectivity index (χ4v) is 3.56. The van der Waals surface area contributed by atoms with E-state index >= 15 is 0 Å². The maximum Gasteiger partial charge on any atom is 0.310 e. The van der Waals surface area contributed by atoms with Gasteiger partial charge in [-0.25, -0.2) is 0 Å². The summed E-state index contributed by atoms with van der Waals surface area (Å²) in [4.78, 5) is 46.9. The van der Waals surface area contributed by atoms with Gasteiger partial charge in [0.25, 0.3) is 0 Å². The Kier molecular flexibility index (Phi) is 10.6. The number of ether oxygens (including phenoxy) is 4. The number of allylic oxidation sites excluding steroid dienone is 1. The van der Waals surface area contributed by atoms with Crippen molar-refractivity contribution in [1.29, 1.82) is 0 Å². The van der Waals surface area contributed by atoms with Crippen LogP contribution in [0.5, 0.6) is 0 Å². The van der Waals surface area contributed by atoms with Gasteiger partial charge in [0.2, 0.25) is 0 Å². The molecule has 1 unspecified atom stereocenters. The summed E-state index contributed by atoms with van der Waals surface area (Å²) in [6.07, 6.45) is 8.57. The summed E-state index contributed by atoms with van der Waals surface area (Å²) >= 11 is 0. The largest absolute Gasteiger partial charge is 0.461 e. The molecule has 1 aliphatic carbocycles. The van der Waals surface area contributed by atoms with Gasteiger partial charge in [-0.1, -0.05) is 12.5 Å². The van der Waals surface area contributed by atoms with Crippen molar-refractivity contribution < 1.29 is 38.1 Å². The highest BCUT2D eigenvalue weighted by atomic mass is 16.5. The molecule has 8 heteroatoms. The van der Waals surface area contributed by atoms with Crippen LogP contribution in [0.25, 0.3) is 0 Å². The zero-order valence-electron chi connectivity index (χ0n) is 19.5. The molecule has 2 rings (SSSR count). The van der Waals surface area contributed by atoms with Gasteiger partial charge in [0.05, 0.1) is 6.42 Å². The van der Waals surface area contributed by atoms with Crippen molar-refractivity contribution in [3.05, 3.63) is 46.5 Å². The van der Waals surface area contributed by atoms with Gasteiger partial charge in [-0.05, 0) is 66.1 Å². The summed E-state index contributed by atoms with van der Waals surface area (Å²) < 4.78 is 21.1. The van der Waals surface area contributed by atoms with Gasteiger partial charge < -0.3 is 18.9 Å². The molecule has 0 aliphatic heterocycles. The molecular weight excluding hydrogens is 428 g/mol. The Bertz CT molecular complexity index is 847. The number of hydrogen-bond donors (Lipinski definition) is 0. The first-order chi connectivity index (χ1) is 15.7. The molecule has 1 aliphatic rings. The molecule has 0 amide bonds. The van der Waals surface area contributed by atoms with Crippen LogP contribution in [0.4, 0.5) is 0 Å². The van der Waals surface area contributed by atoms with Crippen LogP contribution in [0.15, 0.2) is 24.3 Å². The van der Waals surface area contributed by atoms with E-state index in [9.17, 15) is 19.2 Å². The summed E-state index contributed by atoms with van der Waals surface area (Å²) in [5.74, 6) is -1.82. The van der Waals surface area contributed by atoms with Crippen molar-refractivity contribution in [2.24, 2.45) is 0 Å². The summed E-state index contributed by atoms with van der Waals surface area (Å²) in [7, 11) is 0. The van der Waals surface area contributed by atoms with E-state index in [4.69, 9.17) is 18.9 Å². The number of carbonyl (C=O) groups excluding carboxylic acids is 4. The van der Waals surface area contributed by atoms with Crippen LogP contribution in [0.2, 0.25) is 0 Å². The predicted molar refractivity (Wildman–Crippen MR) is 119 cm³/mol. The van der Waals surface area contributed by atoms with Crippen LogP contribution in [0.1, 0.15) is 75.1 Å². The Morgan fingerprint density at radius 3 is 1.97 bits per heavy atom. The molecular formula is C25H32O8. The zero-order chi connectivity index (χ0) is 24.2. The monoisotopic (exact) mass is 460 g/mol. The summed E-state index contributed by atoms with van der Waals surface area (Å²) in [5.41, 5.74) is 2.29. The molecule has 0 spiro atoms. The van der Waals surface area contributed by atoms with Crippen LogP contribution < -0.4 is 0 Å². The van der Waals surface area contributed by atoms with Crippen LogP contribution in [-0.4, -0.2) is 30.0 Å². The van der Waals surface area contributed by atoms with Gasteiger partial charge in [-0.2, -0.15) is 0 Å². The van der Waals surface area contributed by atoms with E-state index in [0.717, 1.165) is 32.1 Å². The molecule has 0 N–H and O–H groups in total. The first-order valence-corrected chi connectivity index (χ1v) is 11.1. The average Bonchev–Trinajstić information content (AvgIpc) is 2.72. The molecule has 0 saturated carbocycles. The highest BCUT2D eigenvalue weighted by molar-refractivity contribution is 5.74. The molecule has 1 aromatic rings. The molecule has 33 heavy (non-hydrogen) atoms. The molecule has 180 valence electrons. The third-order valence-electron chi connectivity index (χ3n) is 5.11. The molecule has 0 saturated heterocycles. The number of rotatable bonds is 9. The van der Waals surface area contributed by atoms with Gasteiger partial charge >= 0.3 is 23.9 Å². The first kappa shape index (κ1) is 26.1. The lowest BCUT2D eigenvalue weighted by Gasteiger charge is -2.19. The van der Waals surface area contributed by atoms with Crippen molar-refractivity contribution in [1.82, 2.24) is 0 Å². The lowest BCUT2D eigenvalue weighted by Crippen LogP contribution is -2.20. The summed E-state index contributed by atoms with van der Waals surface area (Å²) in [6, 6.07) is 3.42. The highest BCUT2D eigenvalue weighted by Crippen LogP contribution is 2.23. The second-order valence-electron chi connectivity index (χ2n) is 8.00. The topological polar surface area (TPSA) is 105 Å². The Morgan fingerprint density at radius 1 is 0.818 bits per heavy atom. The first-order valence-electron chi connectivity index (χ1n) is 11.1. The normalized spacial score (nSPS) is 16.6. The van der Waals surface area contributed by atoms with Gasteiger partial charge in [-0.3, -0.25) is 19.2 Å². The maximum absolute atomic E-state index is 12.8. The van der Waals surface area contributed by atoms with Crippen molar-refractivity contribution in [3.63, 3.8) is 0 Å². The third kappa shape index (κ3) is 9.89. The second-order valence-corrected chi connectivity index (χ2v) is 8.00. The van der Waals surface area contributed by atoms with Gasteiger partial charge in [0.15, 0.2) is 0 Å². The van der Waals surface area contributed by atoms with E-state index in [-0.39, 0.29) is 32.3 Å². The van der Waals surface area contributed by atoms with Crippen LogP contribution in [0, 0.1) is 0 Å². The minimum absolute atomic E-state index is 0.00687. The van der Waals surface area contributed by atoms with E-state index in [1.54, 1.807) is 12.1 Å². The molecule has 1 atom stereocenters. The summed E-state index contributed by atoms with van der Waals surface area (Å²) in [6.45, 7) is 3.71. The zero-order valence-corrected chi connectivity index (χ0v) is 19.5. The number of benzene rings is 1. The summed E-state index contributed by atoms with van der Waals surface area (Å²) in [5, 5.41) is 0. The number of esters is 4. The lowest BCUT2D eigenvalue weighted by atomic mass is 9.95. The molecule has 1 aromatic carbocycles. The predicted octanol–water partition coefficient (Wildman–Crippen LogP) is 3.85. The second kappa shape index (κ2) is 13.4. The van der Waals surface area contributed by atoms with E-state index < -0.39 is 23.9 Å². The molecule has 8 nitrogen and oxygen atoms in total. The smallest absolute Gasteiger partial charge is 0.310 e. The standard InChI is InChI=1S/C25H32O8/c1-17(26)30-14-20-11-21(15-31-18(2)27)24(22(12-20)16-32-19(3)28)13-25(29)33-23-9-7-5-4-6-8-10-23/h7,9,11-12,23H,4-6,8,10,13-16H2,1-3H3/b9-7+. The Balaban J connectivity index is 2.31. The van der Waals surface area contributed by atoms with Crippen molar-refractivity contribution >= 4 is 23.9 Å². The minimum Gasteiger partial charge on any atom is -0.461 e. The van der Waals surface area contributed by atoms with Crippen LogP contribution in [0.3, 0.4) is 0 Å². The SMILES string of the molecule is CC(=O)OCc1cc(COC(C)=O)c(CC(=O)OC2/C=C/CCCCC2)c(COC(C)=O)c1. The molecule has 0 bridgehead atoms. The molecule has 0 fully saturated rings. The van der Waals surface area contributed by atoms with Crippen molar-refractivity contribution in [3.8, 4) is 0 Å². The molecule has 0 heterocycles. The highest BCUT2D eigenvalue weighted by Gasteiger charge is 2.20. The van der Waals surface area contributed by atoms with Crippen molar-refractivity contribution in [2.75, 3.05) is 0 Å². The third-order valence-corrected chi connectivity index (χ3v) is 5.11. The van der Waals surface area contributed by atoms with E-state index in [2.05, 4.69) is 0 Å². The molecule has 0 radical (unpaired) electrons.